The van der Waals surface area contributed by atoms with Crippen molar-refractivity contribution in [2.45, 2.75) is 31.7 Å². The first kappa shape index (κ1) is 8.67. The summed E-state index contributed by atoms with van der Waals surface area (Å²) in [7, 11) is 0. The fraction of sp³-hybridized carbons (Fsp3) is 0.500. The molecule has 1 heterocycles. The van der Waals surface area contributed by atoms with Crippen LogP contribution in [0.25, 0.3) is 0 Å². The van der Waals surface area contributed by atoms with Crippen LogP contribution in [-0.4, -0.2) is 6.08 Å². The average molecular weight is 193 g/mol. The minimum atomic E-state index is -0.165. The summed E-state index contributed by atoms with van der Waals surface area (Å²) in [4.78, 5) is 15.5. The zero-order valence-corrected chi connectivity index (χ0v) is 8.36. The van der Waals surface area contributed by atoms with Crippen molar-refractivity contribution in [1.29, 1.82) is 0 Å². The molecule has 0 aromatic carbocycles. The molecule has 3 heteroatoms. The van der Waals surface area contributed by atoms with Crippen LogP contribution in [0.15, 0.2) is 16.4 Å². The molecule has 1 fully saturated rings. The number of rotatable bonds is 3. The number of nitrogens with zero attached hydrogens (tertiary/aromatic N) is 1. The van der Waals surface area contributed by atoms with Crippen molar-refractivity contribution < 1.29 is 4.79 Å². The summed E-state index contributed by atoms with van der Waals surface area (Å²) in [6.45, 7) is 2.13. The van der Waals surface area contributed by atoms with Gasteiger partial charge in [-0.15, -0.1) is 11.3 Å². The first-order chi connectivity index (χ1) is 6.32. The van der Waals surface area contributed by atoms with Gasteiger partial charge < -0.3 is 0 Å². The molecule has 0 atom stereocenters. The molecule has 0 aliphatic heterocycles. The van der Waals surface area contributed by atoms with Crippen molar-refractivity contribution >= 4 is 17.4 Å². The Kier molecular flexibility index (Phi) is 2.06. The van der Waals surface area contributed by atoms with E-state index in [1.807, 2.05) is 0 Å². The average Bonchev–Trinajstić information content (AvgIpc) is 2.77. The van der Waals surface area contributed by atoms with Crippen molar-refractivity contribution in [3.8, 4) is 0 Å². The second-order valence-corrected chi connectivity index (χ2v) is 4.28. The van der Waals surface area contributed by atoms with E-state index in [1.165, 1.54) is 10.4 Å². The van der Waals surface area contributed by atoms with Crippen LogP contribution >= 0.6 is 11.3 Å². The Morgan fingerprint density at radius 1 is 1.69 bits per heavy atom. The van der Waals surface area contributed by atoms with Gasteiger partial charge in [0, 0.05) is 4.88 Å². The SMILES string of the molecule is CCc1ccsc1C1(N=C=O)CC1. The first-order valence-corrected chi connectivity index (χ1v) is 5.36. The summed E-state index contributed by atoms with van der Waals surface area (Å²) in [5.74, 6) is 0. The van der Waals surface area contributed by atoms with E-state index in [1.54, 1.807) is 17.4 Å². The van der Waals surface area contributed by atoms with Crippen LogP contribution in [0.4, 0.5) is 0 Å². The lowest BCUT2D eigenvalue weighted by Crippen LogP contribution is -2.02. The predicted octanol–water partition coefficient (Wildman–Crippen LogP) is 2.64. The molecule has 2 nitrogen and oxygen atoms in total. The number of hydrogen-bond acceptors (Lipinski definition) is 3. The molecule has 2 rings (SSSR count). The van der Waals surface area contributed by atoms with Crippen molar-refractivity contribution in [1.82, 2.24) is 0 Å². The Labute approximate surface area is 81.3 Å². The van der Waals surface area contributed by atoms with Crippen LogP contribution in [0.1, 0.15) is 30.2 Å². The van der Waals surface area contributed by atoms with Gasteiger partial charge in [0.2, 0.25) is 6.08 Å². The molecule has 1 aromatic rings. The molecule has 0 N–H and O–H groups in total. The first-order valence-electron chi connectivity index (χ1n) is 4.48. The third kappa shape index (κ3) is 1.34. The number of carbonyl (C=O) groups excluding carboxylic acids is 1. The Morgan fingerprint density at radius 3 is 3.00 bits per heavy atom. The van der Waals surface area contributed by atoms with Crippen LogP contribution in [0.5, 0.6) is 0 Å². The van der Waals surface area contributed by atoms with Crippen molar-refractivity contribution in [3.63, 3.8) is 0 Å². The van der Waals surface area contributed by atoms with Crippen LogP contribution in [-0.2, 0) is 16.8 Å². The third-order valence-corrected chi connectivity index (χ3v) is 3.68. The maximum absolute atomic E-state index is 10.3. The van der Waals surface area contributed by atoms with Gasteiger partial charge in [-0.25, -0.2) is 4.79 Å². The maximum Gasteiger partial charge on any atom is 0.235 e. The zero-order chi connectivity index (χ0) is 9.31. The molecule has 0 spiro atoms. The van der Waals surface area contributed by atoms with Gasteiger partial charge in [0.1, 0.15) is 5.54 Å². The summed E-state index contributed by atoms with van der Waals surface area (Å²) in [5, 5.41) is 2.08. The standard InChI is InChI=1S/C10H11NOS/c1-2-8-3-6-13-9(8)10(4-5-10)11-7-12/h3,6H,2,4-5H2,1H3. The number of isocyanates is 1. The van der Waals surface area contributed by atoms with Gasteiger partial charge >= 0.3 is 0 Å². The summed E-state index contributed by atoms with van der Waals surface area (Å²) in [6, 6.07) is 2.13. The lowest BCUT2D eigenvalue weighted by atomic mass is 10.1. The quantitative estimate of drug-likeness (QED) is 0.536. The summed E-state index contributed by atoms with van der Waals surface area (Å²) in [5.41, 5.74) is 1.17. The van der Waals surface area contributed by atoms with E-state index in [2.05, 4.69) is 23.4 Å². The van der Waals surface area contributed by atoms with Gasteiger partial charge in [-0.05, 0) is 36.3 Å². The van der Waals surface area contributed by atoms with E-state index >= 15 is 0 Å². The predicted molar refractivity (Wildman–Crippen MR) is 52.7 cm³/mol. The second kappa shape index (κ2) is 3.09. The van der Waals surface area contributed by atoms with Crippen LogP contribution in [0.3, 0.4) is 0 Å². The molecule has 0 amide bonds. The lowest BCUT2D eigenvalue weighted by Gasteiger charge is -2.06. The van der Waals surface area contributed by atoms with Gasteiger partial charge in [-0.3, -0.25) is 0 Å². The van der Waals surface area contributed by atoms with Gasteiger partial charge in [-0.1, -0.05) is 6.92 Å². The van der Waals surface area contributed by atoms with Crippen molar-refractivity contribution in [2.24, 2.45) is 4.99 Å². The molecular formula is C10H11NOS. The molecule has 1 aliphatic carbocycles. The maximum atomic E-state index is 10.3. The molecule has 0 radical (unpaired) electrons. The van der Waals surface area contributed by atoms with Crippen molar-refractivity contribution in [3.05, 3.63) is 21.9 Å². The minimum Gasteiger partial charge on any atom is -0.211 e. The Morgan fingerprint density at radius 2 is 2.46 bits per heavy atom. The van der Waals surface area contributed by atoms with Crippen LogP contribution in [0.2, 0.25) is 0 Å². The number of hydrogen-bond donors (Lipinski definition) is 0. The van der Waals surface area contributed by atoms with E-state index in [4.69, 9.17) is 0 Å². The molecule has 68 valence electrons. The van der Waals surface area contributed by atoms with E-state index in [9.17, 15) is 4.79 Å². The van der Waals surface area contributed by atoms with Gasteiger partial charge in [0.05, 0.1) is 0 Å². The molecule has 1 aliphatic rings. The van der Waals surface area contributed by atoms with E-state index in [-0.39, 0.29) is 5.54 Å². The van der Waals surface area contributed by atoms with E-state index in [0.717, 1.165) is 19.3 Å². The highest BCUT2D eigenvalue weighted by molar-refractivity contribution is 7.10. The summed E-state index contributed by atoms with van der Waals surface area (Å²) < 4.78 is 0. The van der Waals surface area contributed by atoms with E-state index < -0.39 is 0 Å². The third-order valence-electron chi connectivity index (χ3n) is 2.53. The Balaban J connectivity index is 2.39. The monoisotopic (exact) mass is 193 g/mol. The molecule has 0 saturated heterocycles. The van der Waals surface area contributed by atoms with E-state index in [0.29, 0.717) is 0 Å². The molecule has 1 aromatic heterocycles. The Hall–Kier alpha value is -0.920. The van der Waals surface area contributed by atoms with Crippen LogP contribution < -0.4 is 0 Å². The molecular weight excluding hydrogens is 182 g/mol. The highest BCUT2D eigenvalue weighted by Gasteiger charge is 2.46. The molecule has 0 bridgehead atoms. The highest BCUT2D eigenvalue weighted by Crippen LogP contribution is 2.52. The second-order valence-electron chi connectivity index (χ2n) is 3.36. The number of aryl methyl sites for hydroxylation is 1. The number of thiophene rings is 1. The Bertz CT molecular complexity index is 359. The fourth-order valence-corrected chi connectivity index (χ4v) is 2.82. The van der Waals surface area contributed by atoms with Gasteiger partial charge in [0.25, 0.3) is 0 Å². The zero-order valence-electron chi connectivity index (χ0n) is 7.54. The number of aliphatic imine (C=N–C) groups is 1. The molecule has 0 unspecified atom stereocenters. The molecule has 13 heavy (non-hydrogen) atoms. The van der Waals surface area contributed by atoms with Gasteiger partial charge in [-0.2, -0.15) is 4.99 Å². The lowest BCUT2D eigenvalue weighted by molar-refractivity contribution is 0.556. The topological polar surface area (TPSA) is 29.4 Å². The smallest absolute Gasteiger partial charge is 0.211 e. The van der Waals surface area contributed by atoms with Crippen LogP contribution in [0, 0.1) is 0 Å². The van der Waals surface area contributed by atoms with Gasteiger partial charge in [0.15, 0.2) is 0 Å². The van der Waals surface area contributed by atoms with Crippen molar-refractivity contribution in [2.75, 3.05) is 0 Å². The normalized spacial score (nSPS) is 17.9. The fourth-order valence-electron chi connectivity index (χ4n) is 1.62. The highest BCUT2D eigenvalue weighted by atomic mass is 32.1. The molecule has 1 saturated carbocycles. The minimum absolute atomic E-state index is 0.165. The largest absolute Gasteiger partial charge is 0.235 e. The summed E-state index contributed by atoms with van der Waals surface area (Å²) >= 11 is 1.71. The summed E-state index contributed by atoms with van der Waals surface area (Å²) in [6.07, 6.45) is 4.73.